The third-order valence-corrected chi connectivity index (χ3v) is 6.63. The number of rotatable bonds is 5. The van der Waals surface area contributed by atoms with Crippen molar-refractivity contribution in [1.29, 1.82) is 0 Å². The SMILES string of the molecule is OCC(O)CC1(C2(C3CCCCC3)CCCC2)CC1. The summed E-state index contributed by atoms with van der Waals surface area (Å²) >= 11 is 0. The number of hydrogen-bond donors (Lipinski definition) is 2. The van der Waals surface area contributed by atoms with Gasteiger partial charge in [-0.3, -0.25) is 0 Å². The molecule has 2 N–H and O–H groups in total. The van der Waals surface area contributed by atoms with Crippen LogP contribution in [0.2, 0.25) is 0 Å². The van der Waals surface area contributed by atoms with Gasteiger partial charge in [-0.25, -0.2) is 0 Å². The Balaban J connectivity index is 1.79. The molecule has 1 unspecified atom stereocenters. The quantitative estimate of drug-likeness (QED) is 0.797. The van der Waals surface area contributed by atoms with E-state index in [2.05, 4.69) is 0 Å². The molecular weight excluding hydrogens is 236 g/mol. The van der Waals surface area contributed by atoms with Crippen molar-refractivity contribution in [2.45, 2.75) is 83.2 Å². The van der Waals surface area contributed by atoms with Gasteiger partial charge in [0.15, 0.2) is 0 Å². The Morgan fingerprint density at radius 2 is 1.53 bits per heavy atom. The Bertz CT molecular complexity index is 296. The van der Waals surface area contributed by atoms with Gasteiger partial charge in [0, 0.05) is 0 Å². The van der Waals surface area contributed by atoms with Crippen molar-refractivity contribution in [2.24, 2.45) is 16.7 Å². The molecule has 19 heavy (non-hydrogen) atoms. The first-order valence-corrected chi connectivity index (χ1v) is 8.51. The molecule has 2 nitrogen and oxygen atoms in total. The summed E-state index contributed by atoms with van der Waals surface area (Å²) in [6, 6.07) is 0. The fourth-order valence-electron chi connectivity index (χ4n) is 5.60. The van der Waals surface area contributed by atoms with Crippen LogP contribution < -0.4 is 0 Å². The average molecular weight is 266 g/mol. The summed E-state index contributed by atoms with van der Waals surface area (Å²) in [5, 5.41) is 19.2. The van der Waals surface area contributed by atoms with Gasteiger partial charge in [-0.15, -0.1) is 0 Å². The lowest BCUT2D eigenvalue weighted by Gasteiger charge is -2.47. The van der Waals surface area contributed by atoms with E-state index >= 15 is 0 Å². The second kappa shape index (κ2) is 5.37. The Morgan fingerprint density at radius 1 is 0.895 bits per heavy atom. The van der Waals surface area contributed by atoms with Crippen LogP contribution in [0.1, 0.15) is 77.0 Å². The average Bonchev–Trinajstić information content (AvgIpc) is 3.06. The zero-order valence-electron chi connectivity index (χ0n) is 12.2. The maximum absolute atomic E-state index is 9.96. The Hall–Kier alpha value is -0.0800. The highest BCUT2D eigenvalue weighted by atomic mass is 16.3. The van der Waals surface area contributed by atoms with Crippen molar-refractivity contribution in [2.75, 3.05) is 6.61 Å². The van der Waals surface area contributed by atoms with E-state index in [-0.39, 0.29) is 6.61 Å². The van der Waals surface area contributed by atoms with E-state index in [4.69, 9.17) is 0 Å². The van der Waals surface area contributed by atoms with Crippen molar-refractivity contribution < 1.29 is 10.2 Å². The molecule has 0 spiro atoms. The number of aliphatic hydroxyl groups is 2. The Morgan fingerprint density at radius 3 is 2.05 bits per heavy atom. The van der Waals surface area contributed by atoms with Crippen LogP contribution in [0.3, 0.4) is 0 Å². The molecule has 0 aliphatic heterocycles. The highest BCUT2D eigenvalue weighted by molar-refractivity contribution is 5.12. The molecule has 3 saturated carbocycles. The molecule has 0 heterocycles. The molecule has 0 bridgehead atoms. The molecule has 0 aromatic heterocycles. The van der Waals surface area contributed by atoms with Gasteiger partial charge in [-0.2, -0.15) is 0 Å². The first-order chi connectivity index (χ1) is 9.22. The van der Waals surface area contributed by atoms with Crippen LogP contribution in [-0.2, 0) is 0 Å². The summed E-state index contributed by atoms with van der Waals surface area (Å²) < 4.78 is 0. The smallest absolute Gasteiger partial charge is 0.0776 e. The van der Waals surface area contributed by atoms with Crippen LogP contribution in [0.15, 0.2) is 0 Å². The van der Waals surface area contributed by atoms with Crippen molar-refractivity contribution in [1.82, 2.24) is 0 Å². The molecule has 0 aromatic carbocycles. The zero-order valence-corrected chi connectivity index (χ0v) is 12.2. The van der Waals surface area contributed by atoms with Crippen LogP contribution in [-0.4, -0.2) is 22.9 Å². The number of aliphatic hydroxyl groups excluding tert-OH is 2. The molecular formula is C17H30O2. The van der Waals surface area contributed by atoms with Gasteiger partial charge in [-0.05, 0) is 61.7 Å². The van der Waals surface area contributed by atoms with Crippen molar-refractivity contribution in [3.63, 3.8) is 0 Å². The normalized spacial score (nSPS) is 31.3. The van der Waals surface area contributed by atoms with Crippen LogP contribution in [0.5, 0.6) is 0 Å². The molecule has 0 radical (unpaired) electrons. The molecule has 3 rings (SSSR count). The zero-order chi connectivity index (χ0) is 13.3. The minimum absolute atomic E-state index is 0.0531. The summed E-state index contributed by atoms with van der Waals surface area (Å²) in [6.07, 6.45) is 15.7. The monoisotopic (exact) mass is 266 g/mol. The van der Waals surface area contributed by atoms with Crippen LogP contribution in [0, 0.1) is 16.7 Å². The minimum atomic E-state index is -0.483. The largest absolute Gasteiger partial charge is 0.394 e. The maximum atomic E-state index is 9.96. The lowest BCUT2D eigenvalue weighted by atomic mass is 9.58. The van der Waals surface area contributed by atoms with Gasteiger partial charge in [0.25, 0.3) is 0 Å². The van der Waals surface area contributed by atoms with Crippen molar-refractivity contribution >= 4 is 0 Å². The fraction of sp³-hybridized carbons (Fsp3) is 1.00. The minimum Gasteiger partial charge on any atom is -0.394 e. The van der Waals surface area contributed by atoms with E-state index in [9.17, 15) is 10.2 Å². The van der Waals surface area contributed by atoms with E-state index in [1.54, 1.807) is 0 Å². The van der Waals surface area contributed by atoms with Gasteiger partial charge in [0.1, 0.15) is 0 Å². The number of hydrogen-bond acceptors (Lipinski definition) is 2. The van der Waals surface area contributed by atoms with E-state index in [0.29, 0.717) is 10.8 Å². The summed E-state index contributed by atoms with van der Waals surface area (Å²) in [4.78, 5) is 0. The topological polar surface area (TPSA) is 40.5 Å². The lowest BCUT2D eigenvalue weighted by Crippen LogP contribution is -2.40. The molecule has 3 fully saturated rings. The predicted molar refractivity (Wildman–Crippen MR) is 76.9 cm³/mol. The van der Waals surface area contributed by atoms with Crippen LogP contribution in [0.4, 0.5) is 0 Å². The molecule has 2 heteroatoms. The Kier molecular flexibility index (Phi) is 3.92. The molecule has 3 aliphatic rings. The predicted octanol–water partition coefficient (Wildman–Crippen LogP) is 3.65. The second-order valence-corrected chi connectivity index (χ2v) is 7.52. The molecule has 110 valence electrons. The maximum Gasteiger partial charge on any atom is 0.0776 e. The summed E-state index contributed by atoms with van der Waals surface area (Å²) in [7, 11) is 0. The lowest BCUT2D eigenvalue weighted by molar-refractivity contribution is -0.0139. The van der Waals surface area contributed by atoms with Gasteiger partial charge < -0.3 is 10.2 Å². The Labute approximate surface area is 117 Å². The highest BCUT2D eigenvalue weighted by Gasteiger charge is 2.62. The fourth-order valence-corrected chi connectivity index (χ4v) is 5.60. The van der Waals surface area contributed by atoms with E-state index in [1.807, 2.05) is 0 Å². The van der Waals surface area contributed by atoms with Crippen LogP contribution >= 0.6 is 0 Å². The molecule has 1 atom stereocenters. The van der Waals surface area contributed by atoms with Gasteiger partial charge in [0.05, 0.1) is 12.7 Å². The van der Waals surface area contributed by atoms with Crippen LogP contribution in [0.25, 0.3) is 0 Å². The van der Waals surface area contributed by atoms with Crippen molar-refractivity contribution in [3.8, 4) is 0 Å². The van der Waals surface area contributed by atoms with E-state index < -0.39 is 6.10 Å². The van der Waals surface area contributed by atoms with Gasteiger partial charge in [-0.1, -0.05) is 32.1 Å². The van der Waals surface area contributed by atoms with E-state index in [1.165, 1.54) is 70.6 Å². The molecule has 3 aliphatic carbocycles. The molecule has 0 amide bonds. The highest BCUT2D eigenvalue weighted by Crippen LogP contribution is 2.71. The summed E-state index contributed by atoms with van der Waals surface area (Å²) in [5.74, 6) is 0.914. The standard InChI is InChI=1S/C17H30O2/c18-13-15(19)12-16(10-11-16)17(8-4-5-9-17)14-6-2-1-3-7-14/h14-15,18-19H,1-13H2. The summed E-state index contributed by atoms with van der Waals surface area (Å²) in [6.45, 7) is -0.0531. The summed E-state index contributed by atoms with van der Waals surface area (Å²) in [5.41, 5.74) is 0.928. The molecule has 0 aromatic rings. The molecule has 0 saturated heterocycles. The first-order valence-electron chi connectivity index (χ1n) is 8.51. The van der Waals surface area contributed by atoms with Gasteiger partial charge in [0.2, 0.25) is 0 Å². The third-order valence-electron chi connectivity index (χ3n) is 6.63. The first kappa shape index (κ1) is 13.9. The second-order valence-electron chi connectivity index (χ2n) is 7.52. The third kappa shape index (κ3) is 2.35. The van der Waals surface area contributed by atoms with Crippen molar-refractivity contribution in [3.05, 3.63) is 0 Å². The van der Waals surface area contributed by atoms with Gasteiger partial charge >= 0.3 is 0 Å². The van der Waals surface area contributed by atoms with E-state index in [0.717, 1.165) is 12.3 Å².